The molecule has 10 aromatic rings. The molecule has 0 bridgehead atoms. The van der Waals surface area contributed by atoms with Crippen molar-refractivity contribution in [3.63, 3.8) is 0 Å². The van der Waals surface area contributed by atoms with E-state index in [0.29, 0.717) is 0 Å². The van der Waals surface area contributed by atoms with E-state index in [2.05, 4.69) is 182 Å². The average Bonchev–Trinajstić information content (AvgIpc) is 3.55. The molecule has 1 aromatic heterocycles. The molecule has 0 radical (unpaired) electrons. The summed E-state index contributed by atoms with van der Waals surface area (Å²) in [4.78, 5) is 0. The quantitative estimate of drug-likeness (QED) is 0.178. The molecular weight excluding hydrogens is 593 g/mol. The zero-order chi connectivity index (χ0) is 32.3. The fraction of sp³-hybridized carbons (Fsp3) is 0. The molecule has 0 aliphatic carbocycles. The van der Waals surface area contributed by atoms with Crippen molar-refractivity contribution in [1.29, 1.82) is 0 Å². The first kappa shape index (κ1) is 27.7. The Labute approximate surface area is 284 Å². The molecule has 1 heterocycles. The molecule has 0 saturated heterocycles. The van der Waals surface area contributed by atoms with E-state index in [4.69, 9.17) is 4.42 Å². The largest absolute Gasteiger partial charge is 0.456 e. The van der Waals surface area contributed by atoms with Crippen molar-refractivity contribution in [3.05, 3.63) is 182 Å². The Morgan fingerprint density at radius 2 is 0.878 bits per heavy atom. The van der Waals surface area contributed by atoms with Gasteiger partial charge in [-0.2, -0.15) is 0 Å². The summed E-state index contributed by atoms with van der Waals surface area (Å²) >= 11 is 0. The molecule has 0 fully saturated rings. The topological polar surface area (TPSA) is 13.1 Å². The first-order valence-electron chi connectivity index (χ1n) is 16.8. The maximum absolute atomic E-state index is 6.41. The lowest BCUT2D eigenvalue weighted by molar-refractivity contribution is 0.669. The summed E-state index contributed by atoms with van der Waals surface area (Å²) in [6.07, 6.45) is 0. The zero-order valence-electron chi connectivity index (χ0n) is 26.7. The van der Waals surface area contributed by atoms with E-state index in [0.717, 1.165) is 21.9 Å². The third-order valence-electron chi connectivity index (χ3n) is 10.0. The summed E-state index contributed by atoms with van der Waals surface area (Å²) in [7, 11) is 0. The molecular formula is C48H30O. The SMILES string of the molecule is c1ccc(-c2c3ccccc3c(-c3cc(-c4ccc5oc6cccc(-c7ccccc7)c6c5c4)cc4ccccc34)c3ccccc23)cc1. The first-order valence-corrected chi connectivity index (χ1v) is 16.8. The summed E-state index contributed by atoms with van der Waals surface area (Å²) in [5.74, 6) is 0. The first-order chi connectivity index (χ1) is 24.3. The van der Waals surface area contributed by atoms with Crippen LogP contribution in [0.1, 0.15) is 0 Å². The van der Waals surface area contributed by atoms with Crippen LogP contribution in [-0.2, 0) is 0 Å². The van der Waals surface area contributed by atoms with E-state index >= 15 is 0 Å². The molecule has 0 aliphatic heterocycles. The van der Waals surface area contributed by atoms with Crippen LogP contribution in [0.5, 0.6) is 0 Å². The summed E-state index contributed by atoms with van der Waals surface area (Å²) in [5, 5.41) is 9.78. The van der Waals surface area contributed by atoms with Crippen LogP contribution in [0, 0.1) is 0 Å². The summed E-state index contributed by atoms with van der Waals surface area (Å²) in [6.45, 7) is 0. The Bertz CT molecular complexity index is 2800. The van der Waals surface area contributed by atoms with E-state index in [1.807, 2.05) is 0 Å². The molecule has 1 heteroatoms. The number of rotatable bonds is 4. The van der Waals surface area contributed by atoms with E-state index in [9.17, 15) is 0 Å². The van der Waals surface area contributed by atoms with E-state index in [1.54, 1.807) is 0 Å². The fourth-order valence-electron chi connectivity index (χ4n) is 7.88. The van der Waals surface area contributed by atoms with Crippen LogP contribution >= 0.6 is 0 Å². The van der Waals surface area contributed by atoms with Crippen LogP contribution in [0.2, 0.25) is 0 Å². The lowest BCUT2D eigenvalue weighted by Crippen LogP contribution is -1.92. The number of benzene rings is 9. The van der Waals surface area contributed by atoms with Gasteiger partial charge in [0.15, 0.2) is 0 Å². The minimum Gasteiger partial charge on any atom is -0.456 e. The van der Waals surface area contributed by atoms with Crippen LogP contribution in [0.3, 0.4) is 0 Å². The highest BCUT2D eigenvalue weighted by Crippen LogP contribution is 2.47. The second kappa shape index (κ2) is 11.1. The lowest BCUT2D eigenvalue weighted by atomic mass is 9.84. The predicted octanol–water partition coefficient (Wildman–Crippen LogP) is 13.7. The van der Waals surface area contributed by atoms with Crippen molar-refractivity contribution in [2.75, 3.05) is 0 Å². The molecule has 0 unspecified atom stereocenters. The van der Waals surface area contributed by atoms with Crippen molar-refractivity contribution >= 4 is 54.3 Å². The van der Waals surface area contributed by atoms with Gasteiger partial charge in [0.1, 0.15) is 11.2 Å². The molecule has 228 valence electrons. The minimum absolute atomic E-state index is 0.900. The van der Waals surface area contributed by atoms with Gasteiger partial charge in [-0.25, -0.2) is 0 Å². The van der Waals surface area contributed by atoms with Gasteiger partial charge in [0.05, 0.1) is 0 Å². The summed E-state index contributed by atoms with van der Waals surface area (Å²) in [5.41, 5.74) is 11.5. The number of fused-ring (bicyclic) bond motifs is 6. The van der Waals surface area contributed by atoms with Gasteiger partial charge in [0.2, 0.25) is 0 Å². The van der Waals surface area contributed by atoms with Gasteiger partial charge in [0.25, 0.3) is 0 Å². The zero-order valence-corrected chi connectivity index (χ0v) is 26.7. The smallest absolute Gasteiger partial charge is 0.136 e. The molecule has 0 N–H and O–H groups in total. The Morgan fingerprint density at radius 1 is 0.286 bits per heavy atom. The predicted molar refractivity (Wildman–Crippen MR) is 208 cm³/mol. The average molecular weight is 623 g/mol. The molecule has 0 atom stereocenters. The van der Waals surface area contributed by atoms with Crippen LogP contribution < -0.4 is 0 Å². The third kappa shape index (κ3) is 4.40. The molecule has 0 spiro atoms. The van der Waals surface area contributed by atoms with Crippen LogP contribution in [0.15, 0.2) is 186 Å². The van der Waals surface area contributed by atoms with Gasteiger partial charge in [-0.15, -0.1) is 0 Å². The van der Waals surface area contributed by atoms with Crippen LogP contribution in [0.4, 0.5) is 0 Å². The minimum atomic E-state index is 0.900. The summed E-state index contributed by atoms with van der Waals surface area (Å²) in [6, 6.07) is 65.8. The highest BCUT2D eigenvalue weighted by Gasteiger charge is 2.19. The highest BCUT2D eigenvalue weighted by molar-refractivity contribution is 6.24. The highest BCUT2D eigenvalue weighted by atomic mass is 16.3. The number of furan rings is 1. The Kier molecular flexibility index (Phi) is 6.25. The van der Waals surface area contributed by atoms with Crippen molar-refractivity contribution in [1.82, 2.24) is 0 Å². The van der Waals surface area contributed by atoms with Gasteiger partial charge >= 0.3 is 0 Å². The molecule has 49 heavy (non-hydrogen) atoms. The van der Waals surface area contributed by atoms with Crippen molar-refractivity contribution in [2.45, 2.75) is 0 Å². The van der Waals surface area contributed by atoms with Crippen LogP contribution in [-0.4, -0.2) is 0 Å². The second-order valence-corrected chi connectivity index (χ2v) is 12.8. The normalized spacial score (nSPS) is 11.7. The molecule has 0 aliphatic rings. The number of hydrogen-bond donors (Lipinski definition) is 0. The summed E-state index contributed by atoms with van der Waals surface area (Å²) < 4.78 is 6.41. The monoisotopic (exact) mass is 622 g/mol. The van der Waals surface area contributed by atoms with E-state index in [1.165, 1.54) is 76.8 Å². The van der Waals surface area contributed by atoms with E-state index in [-0.39, 0.29) is 0 Å². The molecule has 0 amide bonds. The maximum Gasteiger partial charge on any atom is 0.136 e. The molecule has 9 aromatic carbocycles. The van der Waals surface area contributed by atoms with Gasteiger partial charge in [-0.05, 0) is 107 Å². The standard InChI is InChI=1S/C48H30O/c1-3-14-31(15-4-1)37-24-13-25-45-48(37)43-29-33(26-27-44(43)49-45)35-28-34-18-7-8-19-36(34)42(30-35)47-40-22-11-9-20-38(40)46(32-16-5-2-6-17-32)39-21-10-12-23-41(39)47/h1-30H. The van der Waals surface area contributed by atoms with Gasteiger partial charge < -0.3 is 4.42 Å². The van der Waals surface area contributed by atoms with E-state index < -0.39 is 0 Å². The van der Waals surface area contributed by atoms with Crippen molar-refractivity contribution < 1.29 is 4.42 Å². The number of hydrogen-bond acceptors (Lipinski definition) is 1. The third-order valence-corrected chi connectivity index (χ3v) is 10.0. The second-order valence-electron chi connectivity index (χ2n) is 12.8. The van der Waals surface area contributed by atoms with Crippen molar-refractivity contribution in [2.24, 2.45) is 0 Å². The molecule has 10 rings (SSSR count). The van der Waals surface area contributed by atoms with Crippen LogP contribution in [0.25, 0.3) is 98.8 Å². The lowest BCUT2D eigenvalue weighted by Gasteiger charge is -2.19. The van der Waals surface area contributed by atoms with Crippen molar-refractivity contribution in [3.8, 4) is 44.5 Å². The van der Waals surface area contributed by atoms with Gasteiger partial charge in [-0.3, -0.25) is 0 Å². The fourth-order valence-corrected chi connectivity index (χ4v) is 7.88. The Balaban J connectivity index is 1.27. The maximum atomic E-state index is 6.41. The van der Waals surface area contributed by atoms with Gasteiger partial charge in [-0.1, -0.05) is 152 Å². The van der Waals surface area contributed by atoms with Gasteiger partial charge in [0, 0.05) is 10.8 Å². The Hall–Kier alpha value is -6.44. The molecule has 1 nitrogen and oxygen atoms in total. The Morgan fingerprint density at radius 3 is 1.57 bits per heavy atom. The molecule has 0 saturated carbocycles.